The normalized spacial score (nSPS) is 18.6. The van der Waals surface area contributed by atoms with E-state index in [1.165, 1.54) is 4.68 Å². The zero-order valence-corrected chi connectivity index (χ0v) is 30.5. The summed E-state index contributed by atoms with van der Waals surface area (Å²) in [6.45, 7) is 8.25. The van der Waals surface area contributed by atoms with E-state index in [4.69, 9.17) is 19.2 Å². The fraction of sp³-hybridized carbons (Fsp3) is 0.514. The number of amides is 4. The molecular weight excluding hydrogens is 654 g/mol. The Hall–Kier alpha value is -5.14. The fourth-order valence-electron chi connectivity index (χ4n) is 5.83. The number of nitrogens with one attached hydrogen (secondary N) is 3. The average molecular weight is 706 g/mol. The SMILES string of the molecule is CC[C@H](C)[C@@H]1NC(=O)CCCN(C(=O)COc2ccccc2C)CCCNC(=O)Cn2nc(Cc3ccc(OC)c(OC)c3)nc2[C@@H](C)NC1=O. The Balaban J connectivity index is 1.55. The van der Waals surface area contributed by atoms with E-state index in [0.29, 0.717) is 74.2 Å². The first-order valence-corrected chi connectivity index (χ1v) is 17.5. The van der Waals surface area contributed by atoms with Crippen LogP contribution in [0.15, 0.2) is 42.5 Å². The summed E-state index contributed by atoms with van der Waals surface area (Å²) in [6.07, 6.45) is 2.01. The van der Waals surface area contributed by atoms with Gasteiger partial charge in [0.15, 0.2) is 23.9 Å². The monoisotopic (exact) mass is 705 g/mol. The summed E-state index contributed by atoms with van der Waals surface area (Å²) in [5, 5.41) is 13.5. The largest absolute Gasteiger partial charge is 0.493 e. The van der Waals surface area contributed by atoms with Crippen LogP contribution in [0.3, 0.4) is 0 Å². The maximum atomic E-state index is 13.7. The van der Waals surface area contributed by atoms with Crippen molar-refractivity contribution in [3.63, 3.8) is 0 Å². The van der Waals surface area contributed by atoms with Crippen molar-refractivity contribution < 1.29 is 33.4 Å². The van der Waals surface area contributed by atoms with E-state index in [1.54, 1.807) is 32.1 Å². The summed E-state index contributed by atoms with van der Waals surface area (Å²) in [6, 6.07) is 11.6. The van der Waals surface area contributed by atoms with Gasteiger partial charge in [-0.05, 0) is 61.9 Å². The van der Waals surface area contributed by atoms with Crippen LogP contribution in [-0.2, 0) is 32.1 Å². The molecule has 2 aromatic carbocycles. The summed E-state index contributed by atoms with van der Waals surface area (Å²) in [5.74, 6) is 1.32. The van der Waals surface area contributed by atoms with E-state index >= 15 is 0 Å². The Morgan fingerprint density at radius 1 is 0.980 bits per heavy atom. The molecule has 0 unspecified atom stereocenters. The van der Waals surface area contributed by atoms with E-state index in [1.807, 2.05) is 57.2 Å². The number of nitrogens with zero attached hydrogens (tertiary/aromatic N) is 4. The van der Waals surface area contributed by atoms with E-state index < -0.39 is 12.1 Å². The van der Waals surface area contributed by atoms with Crippen LogP contribution in [0, 0.1) is 12.8 Å². The van der Waals surface area contributed by atoms with Crippen LogP contribution < -0.4 is 30.2 Å². The predicted molar refractivity (Wildman–Crippen MR) is 190 cm³/mol. The highest BCUT2D eigenvalue weighted by Gasteiger charge is 2.29. The molecule has 0 radical (unpaired) electrons. The highest BCUT2D eigenvalue weighted by molar-refractivity contribution is 5.88. The molecule has 0 aliphatic carbocycles. The molecule has 51 heavy (non-hydrogen) atoms. The molecule has 1 aliphatic heterocycles. The molecule has 4 amide bonds. The van der Waals surface area contributed by atoms with Gasteiger partial charge >= 0.3 is 0 Å². The van der Waals surface area contributed by atoms with Gasteiger partial charge in [-0.3, -0.25) is 19.2 Å². The highest BCUT2D eigenvalue weighted by atomic mass is 16.5. The van der Waals surface area contributed by atoms with Crippen molar-refractivity contribution in [3.8, 4) is 17.2 Å². The molecule has 0 saturated heterocycles. The predicted octanol–water partition coefficient (Wildman–Crippen LogP) is 3.11. The number of carbonyl (C=O) groups excluding carboxylic acids is 4. The number of ether oxygens (including phenoxy) is 3. The van der Waals surface area contributed by atoms with Crippen molar-refractivity contribution in [3.05, 3.63) is 65.2 Å². The molecule has 3 atom stereocenters. The first kappa shape index (κ1) is 38.7. The minimum atomic E-state index is -0.796. The number of methoxy groups -OCH3 is 2. The van der Waals surface area contributed by atoms with Crippen LogP contribution in [0.1, 0.15) is 75.3 Å². The standard InChI is InChI=1S/C37H51N7O7/c1-7-24(2)35-37(48)39-26(4)36-40-31(21-27-15-16-29(49-5)30(20-27)50-6)42-44(36)22-33(46)38-17-11-19-43(18-10-14-32(45)41-35)34(47)23-51-28-13-9-8-12-25(28)3/h8-9,12-13,15-16,20,24,26,35H,7,10-11,14,17-19,21-23H2,1-6H3,(H,38,46)(H,39,48)(H,41,45)/t24-,26+,35-/m0/s1. The number of hydrogen-bond donors (Lipinski definition) is 3. The Kier molecular flexibility index (Phi) is 14.2. The number of carbonyl (C=O) groups is 4. The lowest BCUT2D eigenvalue weighted by Crippen LogP contribution is -2.51. The molecule has 3 N–H and O–H groups in total. The van der Waals surface area contributed by atoms with E-state index in [-0.39, 0.29) is 49.1 Å². The van der Waals surface area contributed by atoms with Gasteiger partial charge in [-0.2, -0.15) is 5.10 Å². The summed E-state index contributed by atoms with van der Waals surface area (Å²) >= 11 is 0. The van der Waals surface area contributed by atoms with Gasteiger partial charge in [0.2, 0.25) is 17.7 Å². The van der Waals surface area contributed by atoms with Crippen molar-refractivity contribution in [2.24, 2.45) is 5.92 Å². The molecule has 3 aromatic rings. The molecule has 1 aromatic heterocycles. The minimum Gasteiger partial charge on any atom is -0.493 e. The second-order valence-electron chi connectivity index (χ2n) is 12.8. The maximum absolute atomic E-state index is 13.7. The van der Waals surface area contributed by atoms with Crippen LogP contribution in [0.4, 0.5) is 0 Å². The number of aromatic nitrogens is 3. The molecule has 2 heterocycles. The fourth-order valence-corrected chi connectivity index (χ4v) is 5.83. The van der Waals surface area contributed by atoms with Crippen molar-refractivity contribution in [2.45, 2.75) is 78.4 Å². The number of benzene rings is 2. The van der Waals surface area contributed by atoms with Crippen LogP contribution in [0.2, 0.25) is 0 Å². The Morgan fingerprint density at radius 2 is 1.73 bits per heavy atom. The quantitative estimate of drug-likeness (QED) is 0.303. The molecule has 0 spiro atoms. The van der Waals surface area contributed by atoms with Gasteiger partial charge in [0.1, 0.15) is 24.2 Å². The minimum absolute atomic E-state index is 0.128. The van der Waals surface area contributed by atoms with Gasteiger partial charge in [-0.15, -0.1) is 0 Å². The maximum Gasteiger partial charge on any atom is 0.260 e. The first-order chi connectivity index (χ1) is 24.5. The molecule has 276 valence electrons. The summed E-state index contributed by atoms with van der Waals surface area (Å²) in [7, 11) is 3.13. The zero-order valence-electron chi connectivity index (χ0n) is 30.5. The van der Waals surface area contributed by atoms with Crippen LogP contribution >= 0.6 is 0 Å². The molecule has 4 rings (SSSR count). The van der Waals surface area contributed by atoms with E-state index in [2.05, 4.69) is 21.0 Å². The third-order valence-electron chi connectivity index (χ3n) is 8.96. The number of rotatable bonds is 9. The highest BCUT2D eigenvalue weighted by Crippen LogP contribution is 2.28. The van der Waals surface area contributed by atoms with Crippen LogP contribution in [-0.4, -0.2) is 89.8 Å². The number of fused-ring (bicyclic) bond motifs is 1. The smallest absolute Gasteiger partial charge is 0.260 e. The summed E-state index contributed by atoms with van der Waals surface area (Å²) < 4.78 is 18.1. The first-order valence-electron chi connectivity index (χ1n) is 17.5. The van der Waals surface area contributed by atoms with Gasteiger partial charge in [-0.25, -0.2) is 9.67 Å². The van der Waals surface area contributed by atoms with E-state index in [0.717, 1.165) is 11.1 Å². The molecule has 0 bridgehead atoms. The Morgan fingerprint density at radius 3 is 2.45 bits per heavy atom. The molecule has 0 saturated carbocycles. The van der Waals surface area contributed by atoms with Gasteiger partial charge < -0.3 is 35.1 Å². The third kappa shape index (κ3) is 10.9. The third-order valence-corrected chi connectivity index (χ3v) is 8.96. The van der Waals surface area contributed by atoms with Gasteiger partial charge in [0.05, 0.1) is 20.3 Å². The van der Waals surface area contributed by atoms with Gasteiger partial charge in [-0.1, -0.05) is 44.5 Å². The Labute approximate surface area is 299 Å². The lowest BCUT2D eigenvalue weighted by Gasteiger charge is -2.26. The Bertz CT molecular complexity index is 1660. The molecular formula is C37H51N7O7. The second kappa shape index (κ2) is 18.7. The molecule has 14 heteroatoms. The molecule has 1 aliphatic rings. The van der Waals surface area contributed by atoms with Crippen LogP contribution in [0.5, 0.6) is 17.2 Å². The number of hydrogen-bond acceptors (Lipinski definition) is 9. The van der Waals surface area contributed by atoms with Crippen molar-refractivity contribution in [1.82, 2.24) is 35.6 Å². The number of para-hydroxylation sites is 1. The number of aryl methyl sites for hydroxylation is 1. The van der Waals surface area contributed by atoms with Crippen molar-refractivity contribution >= 4 is 23.6 Å². The summed E-state index contributed by atoms with van der Waals surface area (Å²) in [4.78, 5) is 59.7. The van der Waals surface area contributed by atoms with Gasteiger partial charge in [0.25, 0.3) is 5.91 Å². The van der Waals surface area contributed by atoms with E-state index in [9.17, 15) is 19.2 Å². The lowest BCUT2D eigenvalue weighted by atomic mass is 9.97. The molecule has 14 nitrogen and oxygen atoms in total. The second-order valence-corrected chi connectivity index (χ2v) is 12.8. The lowest BCUT2D eigenvalue weighted by molar-refractivity contribution is -0.134. The summed E-state index contributed by atoms with van der Waals surface area (Å²) in [5.41, 5.74) is 1.79. The zero-order chi connectivity index (χ0) is 36.9. The van der Waals surface area contributed by atoms with Crippen molar-refractivity contribution in [1.29, 1.82) is 0 Å². The topological polar surface area (TPSA) is 166 Å². The molecule has 0 fully saturated rings. The van der Waals surface area contributed by atoms with Gasteiger partial charge in [0, 0.05) is 32.5 Å². The van der Waals surface area contributed by atoms with Crippen molar-refractivity contribution in [2.75, 3.05) is 40.5 Å². The van der Waals surface area contributed by atoms with Crippen LogP contribution in [0.25, 0.3) is 0 Å². The average Bonchev–Trinajstić information content (AvgIpc) is 3.51.